The van der Waals surface area contributed by atoms with Crippen molar-refractivity contribution in [1.82, 2.24) is 5.32 Å². The predicted octanol–water partition coefficient (Wildman–Crippen LogP) is 7.10. The van der Waals surface area contributed by atoms with E-state index in [0.29, 0.717) is 12.8 Å². The SMILES string of the molecule is CCCCCCCCCC/C=C/CC/C=C/CC/C=C/C(O)C(COC1OC(CO)C(OC2OC(CO)C(O)C(O)C2O)C(O)C1O)NC(=O)CCCCCCCCCCCCCCCC. The van der Waals surface area contributed by atoms with Gasteiger partial charge in [0.25, 0.3) is 0 Å². The lowest BCUT2D eigenvalue weighted by atomic mass is 9.97. The molecule has 12 unspecified atom stereocenters. The average molecular weight is 942 g/mol. The summed E-state index contributed by atoms with van der Waals surface area (Å²) in [5.74, 6) is -0.254. The largest absolute Gasteiger partial charge is 0.394 e. The lowest BCUT2D eigenvalue weighted by molar-refractivity contribution is -0.359. The molecule has 0 spiro atoms. The summed E-state index contributed by atoms with van der Waals surface area (Å²) in [6.07, 6.45) is 27.5. The molecule has 0 radical (unpaired) electrons. The van der Waals surface area contributed by atoms with E-state index in [9.17, 15) is 45.6 Å². The molecule has 14 heteroatoms. The number of hydrogen-bond donors (Lipinski definition) is 9. The van der Waals surface area contributed by atoms with E-state index in [4.69, 9.17) is 18.9 Å². The highest BCUT2D eigenvalue weighted by atomic mass is 16.7. The van der Waals surface area contributed by atoms with Gasteiger partial charge in [0.2, 0.25) is 5.91 Å². The van der Waals surface area contributed by atoms with E-state index in [-0.39, 0.29) is 18.9 Å². The van der Waals surface area contributed by atoms with Gasteiger partial charge in [-0.25, -0.2) is 0 Å². The number of unbranched alkanes of at least 4 members (excludes halogenated alkanes) is 23. The van der Waals surface area contributed by atoms with Crippen molar-refractivity contribution >= 4 is 5.91 Å². The Labute approximate surface area is 398 Å². The molecule has 0 bridgehead atoms. The molecule has 2 aliphatic heterocycles. The molecule has 12 atom stereocenters. The van der Waals surface area contributed by atoms with E-state index in [2.05, 4.69) is 43.5 Å². The van der Waals surface area contributed by atoms with Gasteiger partial charge in [0, 0.05) is 6.42 Å². The Morgan fingerprint density at radius 3 is 1.48 bits per heavy atom. The maximum atomic E-state index is 13.2. The monoisotopic (exact) mass is 942 g/mol. The third kappa shape index (κ3) is 25.7. The highest BCUT2D eigenvalue weighted by Gasteiger charge is 2.51. The van der Waals surface area contributed by atoms with Crippen LogP contribution in [0.2, 0.25) is 0 Å². The van der Waals surface area contributed by atoms with Crippen molar-refractivity contribution in [2.75, 3.05) is 19.8 Å². The number of ether oxygens (including phenoxy) is 4. The standard InChI is InChI=1S/C52H95NO13/c1-3-5-7-9-11-13-15-17-19-20-21-22-23-25-27-29-31-33-35-41(56)40(53-44(57)36-34-32-30-28-26-24-18-16-14-12-10-8-6-4-2)39-63-51-49(62)47(60)50(43(38-55)65-51)66-52-48(61)46(59)45(58)42(37-54)64-52/h20-21,25,27,33,35,40-43,45-52,54-56,58-62H,3-19,22-24,26,28-32,34,36-39H2,1-2H3,(H,53,57)/b21-20+,27-25+,35-33+. The van der Waals surface area contributed by atoms with Gasteiger partial charge in [-0.2, -0.15) is 0 Å². The fraction of sp³-hybridized carbons (Fsp3) is 0.865. The van der Waals surface area contributed by atoms with E-state index in [1.54, 1.807) is 6.08 Å². The topological polar surface area (TPSA) is 228 Å². The third-order valence-electron chi connectivity index (χ3n) is 12.8. The van der Waals surface area contributed by atoms with Gasteiger partial charge in [0.15, 0.2) is 12.6 Å². The Morgan fingerprint density at radius 1 is 0.530 bits per heavy atom. The van der Waals surface area contributed by atoms with Gasteiger partial charge in [-0.15, -0.1) is 0 Å². The van der Waals surface area contributed by atoms with Crippen LogP contribution in [0.3, 0.4) is 0 Å². The van der Waals surface area contributed by atoms with Crippen LogP contribution in [0.15, 0.2) is 36.5 Å². The number of carbonyl (C=O) groups is 1. The Balaban J connectivity index is 1.87. The number of aliphatic hydroxyl groups is 8. The number of allylic oxidation sites excluding steroid dienone is 5. The van der Waals surface area contributed by atoms with Gasteiger partial charge >= 0.3 is 0 Å². The van der Waals surface area contributed by atoms with Crippen LogP contribution in [-0.4, -0.2) is 140 Å². The van der Waals surface area contributed by atoms with Crippen LogP contribution in [0.25, 0.3) is 0 Å². The molecule has 14 nitrogen and oxygen atoms in total. The van der Waals surface area contributed by atoms with Gasteiger partial charge in [-0.3, -0.25) is 4.79 Å². The van der Waals surface area contributed by atoms with Crippen molar-refractivity contribution < 1.29 is 64.6 Å². The zero-order valence-corrected chi connectivity index (χ0v) is 40.9. The fourth-order valence-corrected chi connectivity index (χ4v) is 8.50. The first kappa shape index (κ1) is 60.3. The van der Waals surface area contributed by atoms with E-state index < -0.39 is 86.8 Å². The number of hydrogen-bond acceptors (Lipinski definition) is 13. The summed E-state index contributed by atoms with van der Waals surface area (Å²) in [4.78, 5) is 13.2. The summed E-state index contributed by atoms with van der Waals surface area (Å²) in [5, 5.41) is 86.7. The van der Waals surface area contributed by atoms with Crippen molar-refractivity contribution in [3.8, 4) is 0 Å². The first-order chi connectivity index (χ1) is 32.1. The molecule has 0 aliphatic carbocycles. The second kappa shape index (κ2) is 39.0. The summed E-state index contributed by atoms with van der Waals surface area (Å²) >= 11 is 0. The van der Waals surface area contributed by atoms with Crippen LogP contribution in [0.1, 0.15) is 194 Å². The maximum Gasteiger partial charge on any atom is 0.220 e. The summed E-state index contributed by atoms with van der Waals surface area (Å²) in [6, 6.07) is -0.933. The van der Waals surface area contributed by atoms with Gasteiger partial charge in [-0.1, -0.05) is 179 Å². The number of carbonyl (C=O) groups excluding carboxylic acids is 1. The first-order valence-electron chi connectivity index (χ1n) is 26.2. The molecule has 0 aromatic carbocycles. The minimum Gasteiger partial charge on any atom is -0.394 e. The number of amides is 1. The van der Waals surface area contributed by atoms with Crippen LogP contribution in [0.5, 0.6) is 0 Å². The van der Waals surface area contributed by atoms with E-state index >= 15 is 0 Å². The summed E-state index contributed by atoms with van der Waals surface area (Å²) in [5.41, 5.74) is 0. The molecular weight excluding hydrogens is 847 g/mol. The molecule has 2 aliphatic rings. The minimum atomic E-state index is -1.79. The van der Waals surface area contributed by atoms with Crippen LogP contribution >= 0.6 is 0 Å². The van der Waals surface area contributed by atoms with E-state index in [0.717, 1.165) is 44.9 Å². The van der Waals surface area contributed by atoms with Gasteiger partial charge in [-0.05, 0) is 44.9 Å². The zero-order valence-electron chi connectivity index (χ0n) is 40.9. The summed E-state index contributed by atoms with van der Waals surface area (Å²) in [6.45, 7) is 2.75. The van der Waals surface area contributed by atoms with Crippen LogP contribution < -0.4 is 5.32 Å². The molecule has 0 aromatic heterocycles. The second-order valence-corrected chi connectivity index (χ2v) is 18.6. The van der Waals surface area contributed by atoms with E-state index in [1.165, 1.54) is 116 Å². The smallest absolute Gasteiger partial charge is 0.220 e. The molecule has 66 heavy (non-hydrogen) atoms. The summed E-state index contributed by atoms with van der Waals surface area (Å²) < 4.78 is 22.7. The molecule has 2 saturated heterocycles. The molecule has 386 valence electrons. The van der Waals surface area contributed by atoms with Crippen LogP contribution in [-0.2, 0) is 23.7 Å². The van der Waals surface area contributed by atoms with Crippen LogP contribution in [0, 0.1) is 0 Å². The first-order valence-corrected chi connectivity index (χ1v) is 26.2. The summed E-state index contributed by atoms with van der Waals surface area (Å²) in [7, 11) is 0. The molecule has 1 amide bonds. The van der Waals surface area contributed by atoms with Crippen molar-refractivity contribution in [3.63, 3.8) is 0 Å². The van der Waals surface area contributed by atoms with Gasteiger partial charge in [0.1, 0.15) is 48.8 Å². The lowest BCUT2D eigenvalue weighted by Crippen LogP contribution is -2.65. The Bertz CT molecular complexity index is 1250. The van der Waals surface area contributed by atoms with Crippen molar-refractivity contribution in [2.45, 2.75) is 267 Å². The molecule has 2 heterocycles. The molecule has 0 saturated carbocycles. The minimum absolute atomic E-state index is 0.254. The molecular formula is C52H95NO13. The van der Waals surface area contributed by atoms with Crippen molar-refractivity contribution in [3.05, 3.63) is 36.5 Å². The van der Waals surface area contributed by atoms with Crippen molar-refractivity contribution in [1.29, 1.82) is 0 Å². The highest BCUT2D eigenvalue weighted by molar-refractivity contribution is 5.76. The normalized spacial score (nSPS) is 27.1. The Hall–Kier alpha value is -1.79. The number of nitrogens with one attached hydrogen (secondary N) is 1. The van der Waals surface area contributed by atoms with E-state index in [1.807, 2.05) is 6.08 Å². The van der Waals surface area contributed by atoms with Crippen LogP contribution in [0.4, 0.5) is 0 Å². The second-order valence-electron chi connectivity index (χ2n) is 18.6. The molecule has 2 fully saturated rings. The fourth-order valence-electron chi connectivity index (χ4n) is 8.50. The number of aliphatic hydroxyl groups excluding tert-OH is 8. The molecule has 0 aromatic rings. The van der Waals surface area contributed by atoms with Crippen molar-refractivity contribution in [2.24, 2.45) is 0 Å². The number of rotatable bonds is 40. The Morgan fingerprint density at radius 2 is 0.970 bits per heavy atom. The lowest BCUT2D eigenvalue weighted by Gasteiger charge is -2.46. The highest BCUT2D eigenvalue weighted by Crippen LogP contribution is 2.30. The predicted molar refractivity (Wildman–Crippen MR) is 258 cm³/mol. The third-order valence-corrected chi connectivity index (χ3v) is 12.8. The Kier molecular flexibility index (Phi) is 35.6. The maximum absolute atomic E-state index is 13.2. The zero-order chi connectivity index (χ0) is 48.2. The van der Waals surface area contributed by atoms with Gasteiger partial charge in [0.05, 0.1) is 32.0 Å². The molecule has 2 rings (SSSR count). The quantitative estimate of drug-likeness (QED) is 0.0221. The van der Waals surface area contributed by atoms with Gasteiger partial charge < -0.3 is 65.1 Å². The molecule has 9 N–H and O–H groups in total. The average Bonchev–Trinajstić information content (AvgIpc) is 3.31.